The highest BCUT2D eigenvalue weighted by molar-refractivity contribution is 7.99. The molecule has 1 aliphatic carbocycles. The third kappa shape index (κ3) is 5.30. The van der Waals surface area contributed by atoms with Crippen molar-refractivity contribution in [3.63, 3.8) is 0 Å². The average Bonchev–Trinajstić information content (AvgIpc) is 3.19. The van der Waals surface area contributed by atoms with Gasteiger partial charge in [-0.3, -0.25) is 4.79 Å². The summed E-state index contributed by atoms with van der Waals surface area (Å²) >= 11 is 1.99. The lowest BCUT2D eigenvalue weighted by Gasteiger charge is -2.39. The molecule has 3 aliphatic rings. The molecule has 4 rings (SSSR count). The van der Waals surface area contributed by atoms with Gasteiger partial charge in [0.2, 0.25) is 5.91 Å². The van der Waals surface area contributed by atoms with Crippen LogP contribution in [0.3, 0.4) is 0 Å². The minimum absolute atomic E-state index is 0.0146. The lowest BCUT2D eigenvalue weighted by atomic mass is 9.88. The van der Waals surface area contributed by atoms with Crippen molar-refractivity contribution in [1.29, 1.82) is 0 Å². The van der Waals surface area contributed by atoms with Gasteiger partial charge in [0.05, 0.1) is 5.60 Å². The molecule has 2 aliphatic heterocycles. The Bertz CT molecular complexity index is 776. The molecule has 1 spiro atoms. The maximum absolute atomic E-state index is 12.1. The third-order valence-electron chi connectivity index (χ3n) is 6.46. The van der Waals surface area contributed by atoms with E-state index in [1.807, 2.05) is 11.8 Å². The lowest BCUT2D eigenvalue weighted by molar-refractivity contribution is -0.127. The zero-order valence-corrected chi connectivity index (χ0v) is 19.0. The summed E-state index contributed by atoms with van der Waals surface area (Å²) in [6.07, 6.45) is 6.27. The summed E-state index contributed by atoms with van der Waals surface area (Å²) in [7, 11) is 3.55. The number of hydrogen-bond donors (Lipinski definition) is 2. The van der Waals surface area contributed by atoms with Gasteiger partial charge in [-0.2, -0.15) is 11.8 Å². The number of aliphatic imine (C=N–C) groups is 1. The molecule has 0 aromatic heterocycles. The highest BCUT2D eigenvalue weighted by Crippen LogP contribution is 2.38. The summed E-state index contributed by atoms with van der Waals surface area (Å²) in [6, 6.07) is 9.35. The van der Waals surface area contributed by atoms with E-state index in [0.29, 0.717) is 12.1 Å². The molecule has 7 heteroatoms. The number of benzene rings is 1. The summed E-state index contributed by atoms with van der Waals surface area (Å²) in [6.45, 7) is 0.953. The number of nitrogens with zero attached hydrogens (tertiary/aromatic N) is 2. The van der Waals surface area contributed by atoms with Crippen LogP contribution in [0.4, 0.5) is 0 Å². The van der Waals surface area contributed by atoms with Crippen LogP contribution in [-0.4, -0.2) is 73.2 Å². The topological polar surface area (TPSA) is 66.0 Å². The molecule has 1 aromatic carbocycles. The first-order valence-electron chi connectivity index (χ1n) is 11.1. The Labute approximate surface area is 184 Å². The third-order valence-corrected chi connectivity index (χ3v) is 7.68. The minimum atomic E-state index is 0.0146. The van der Waals surface area contributed by atoms with E-state index in [1.54, 1.807) is 19.0 Å². The minimum Gasteiger partial charge on any atom is -0.374 e. The highest BCUT2D eigenvalue weighted by atomic mass is 32.2. The summed E-state index contributed by atoms with van der Waals surface area (Å²) in [4.78, 5) is 18.4. The van der Waals surface area contributed by atoms with Crippen LogP contribution in [-0.2, 0) is 22.4 Å². The summed E-state index contributed by atoms with van der Waals surface area (Å²) in [5.41, 5.74) is 2.89. The number of thioether (sulfide) groups is 1. The van der Waals surface area contributed by atoms with Crippen LogP contribution in [0.15, 0.2) is 29.3 Å². The number of likely N-dealkylation sites (N-methyl/N-ethyl adjacent to an activating group) is 1. The molecule has 1 aromatic rings. The average molecular weight is 431 g/mol. The molecule has 2 N–H and O–H groups in total. The second-order valence-electron chi connectivity index (χ2n) is 8.97. The molecule has 0 saturated carbocycles. The second-order valence-corrected chi connectivity index (χ2v) is 10.1. The van der Waals surface area contributed by atoms with Crippen molar-refractivity contribution < 1.29 is 9.53 Å². The maximum atomic E-state index is 12.1. The second kappa shape index (κ2) is 9.60. The van der Waals surface area contributed by atoms with Gasteiger partial charge in [0, 0.05) is 38.5 Å². The van der Waals surface area contributed by atoms with Crippen LogP contribution in [0.1, 0.15) is 36.8 Å². The standard InChI is InChI=1S/C23H34N4O2S/c1-27(2)21(28)15-24-22(25-19-8-7-17-5-3-4-6-18(17)13-19)26-20-9-11-29-23(14-20)10-12-30-16-23/h3-6,19-20H,7-16H2,1-2H3,(H2,24,25,26). The van der Waals surface area contributed by atoms with Crippen molar-refractivity contribution in [2.75, 3.05) is 38.8 Å². The molecule has 30 heavy (non-hydrogen) atoms. The fourth-order valence-electron chi connectivity index (χ4n) is 4.64. The summed E-state index contributed by atoms with van der Waals surface area (Å²) in [5.74, 6) is 3.05. The molecule has 3 atom stereocenters. The van der Waals surface area contributed by atoms with E-state index in [4.69, 9.17) is 4.74 Å². The van der Waals surface area contributed by atoms with E-state index < -0.39 is 0 Å². The Morgan fingerprint density at radius 3 is 2.80 bits per heavy atom. The van der Waals surface area contributed by atoms with Gasteiger partial charge < -0.3 is 20.3 Å². The molecule has 2 saturated heterocycles. The van der Waals surface area contributed by atoms with Crippen LogP contribution in [0.2, 0.25) is 0 Å². The fourth-order valence-corrected chi connectivity index (χ4v) is 6.02. The van der Waals surface area contributed by atoms with E-state index in [0.717, 1.165) is 56.8 Å². The number of nitrogens with one attached hydrogen (secondary N) is 2. The van der Waals surface area contributed by atoms with Gasteiger partial charge in [-0.1, -0.05) is 24.3 Å². The first kappa shape index (κ1) is 21.5. The maximum Gasteiger partial charge on any atom is 0.243 e. The van der Waals surface area contributed by atoms with Crippen molar-refractivity contribution in [3.05, 3.63) is 35.4 Å². The van der Waals surface area contributed by atoms with Crippen molar-refractivity contribution >= 4 is 23.6 Å². The number of hydrogen-bond acceptors (Lipinski definition) is 4. The van der Waals surface area contributed by atoms with Crippen LogP contribution in [0, 0.1) is 0 Å². The number of guanidine groups is 1. The van der Waals surface area contributed by atoms with E-state index in [9.17, 15) is 4.79 Å². The smallest absolute Gasteiger partial charge is 0.243 e. The molecule has 1 amide bonds. The highest BCUT2D eigenvalue weighted by Gasteiger charge is 2.40. The van der Waals surface area contributed by atoms with E-state index in [1.165, 1.54) is 16.9 Å². The number of carbonyl (C=O) groups excluding carboxylic acids is 1. The molecule has 164 valence electrons. The Balaban J connectivity index is 1.43. The fraction of sp³-hybridized carbons (Fsp3) is 0.652. The van der Waals surface area contributed by atoms with E-state index >= 15 is 0 Å². The Hall–Kier alpha value is -1.73. The molecule has 0 radical (unpaired) electrons. The van der Waals surface area contributed by atoms with Gasteiger partial charge in [0.25, 0.3) is 0 Å². The van der Waals surface area contributed by atoms with Crippen LogP contribution in [0.5, 0.6) is 0 Å². The SMILES string of the molecule is CN(C)C(=O)CN=C(NC1CCc2ccccc2C1)NC1CCOC2(CCSC2)C1. The lowest BCUT2D eigenvalue weighted by Crippen LogP contribution is -2.54. The predicted octanol–water partition coefficient (Wildman–Crippen LogP) is 2.22. The van der Waals surface area contributed by atoms with Crippen molar-refractivity contribution in [3.8, 4) is 0 Å². The molecular formula is C23H34N4O2S. The van der Waals surface area contributed by atoms with Crippen molar-refractivity contribution in [2.45, 2.75) is 56.2 Å². The molecular weight excluding hydrogens is 396 g/mol. The van der Waals surface area contributed by atoms with Gasteiger partial charge in [0.15, 0.2) is 5.96 Å². The van der Waals surface area contributed by atoms with Gasteiger partial charge in [-0.25, -0.2) is 4.99 Å². The van der Waals surface area contributed by atoms with Crippen LogP contribution in [0.25, 0.3) is 0 Å². The number of rotatable bonds is 4. The van der Waals surface area contributed by atoms with Gasteiger partial charge in [-0.05, 0) is 55.4 Å². The largest absolute Gasteiger partial charge is 0.374 e. The van der Waals surface area contributed by atoms with Crippen molar-refractivity contribution in [2.24, 2.45) is 4.99 Å². The zero-order valence-electron chi connectivity index (χ0n) is 18.2. The molecule has 0 bridgehead atoms. The van der Waals surface area contributed by atoms with Crippen LogP contribution < -0.4 is 10.6 Å². The molecule has 3 unspecified atom stereocenters. The van der Waals surface area contributed by atoms with Crippen LogP contribution >= 0.6 is 11.8 Å². The number of carbonyl (C=O) groups is 1. The van der Waals surface area contributed by atoms with Gasteiger partial charge >= 0.3 is 0 Å². The van der Waals surface area contributed by atoms with E-state index in [-0.39, 0.29) is 18.1 Å². The number of ether oxygens (including phenoxy) is 1. The molecule has 2 heterocycles. The number of fused-ring (bicyclic) bond motifs is 1. The Morgan fingerprint density at radius 1 is 1.23 bits per heavy atom. The van der Waals surface area contributed by atoms with E-state index in [2.05, 4.69) is 39.9 Å². The molecule has 6 nitrogen and oxygen atoms in total. The Morgan fingerprint density at radius 2 is 2.03 bits per heavy atom. The van der Waals surface area contributed by atoms with Gasteiger partial charge in [0.1, 0.15) is 6.54 Å². The van der Waals surface area contributed by atoms with Gasteiger partial charge in [-0.15, -0.1) is 0 Å². The molecule has 2 fully saturated rings. The number of aryl methyl sites for hydroxylation is 1. The zero-order chi connectivity index (χ0) is 21.0. The summed E-state index contributed by atoms with van der Waals surface area (Å²) < 4.78 is 6.18. The monoisotopic (exact) mass is 430 g/mol. The quantitative estimate of drug-likeness (QED) is 0.566. The predicted molar refractivity (Wildman–Crippen MR) is 123 cm³/mol. The Kier molecular flexibility index (Phi) is 6.88. The number of amides is 1. The summed E-state index contributed by atoms with van der Waals surface area (Å²) in [5, 5.41) is 7.29. The normalized spacial score (nSPS) is 28.8. The first-order chi connectivity index (χ1) is 14.5. The van der Waals surface area contributed by atoms with Crippen molar-refractivity contribution in [1.82, 2.24) is 15.5 Å². The first-order valence-corrected chi connectivity index (χ1v) is 12.2.